The topological polar surface area (TPSA) is 63.8 Å². The molecule has 4 nitrogen and oxygen atoms in total. The minimum Gasteiger partial charge on any atom is -0.397 e. The highest BCUT2D eigenvalue weighted by atomic mass is 19.4. The third-order valence-electron chi connectivity index (χ3n) is 2.48. The smallest absolute Gasteiger partial charge is 0.397 e. The Morgan fingerprint density at radius 3 is 2.58 bits per heavy atom. The monoisotopic (exact) mass is 268 g/mol. The average Bonchev–Trinajstić information content (AvgIpc) is 2.37. The highest BCUT2D eigenvalue weighted by Crippen LogP contribution is 2.32. The van der Waals surface area contributed by atoms with Crippen molar-refractivity contribution in [2.24, 2.45) is 0 Å². The lowest BCUT2D eigenvalue weighted by Gasteiger charge is -2.12. The molecule has 0 bridgehead atoms. The van der Waals surface area contributed by atoms with Crippen LogP contribution in [0.15, 0.2) is 36.8 Å². The van der Waals surface area contributed by atoms with E-state index in [0.29, 0.717) is 17.9 Å². The molecule has 100 valence electrons. The largest absolute Gasteiger partial charge is 0.416 e. The van der Waals surface area contributed by atoms with Crippen LogP contribution in [0.25, 0.3) is 0 Å². The van der Waals surface area contributed by atoms with E-state index in [0.717, 1.165) is 12.1 Å². The van der Waals surface area contributed by atoms with Crippen molar-refractivity contribution in [2.45, 2.75) is 12.7 Å². The van der Waals surface area contributed by atoms with Gasteiger partial charge in [0, 0.05) is 6.20 Å². The molecule has 0 spiro atoms. The molecule has 0 radical (unpaired) electrons. The number of anilines is 2. The van der Waals surface area contributed by atoms with E-state index in [2.05, 4.69) is 15.3 Å². The molecule has 0 unspecified atom stereocenters. The van der Waals surface area contributed by atoms with Gasteiger partial charge in [-0.15, -0.1) is 0 Å². The standard InChI is InChI=1S/C12H11F3N4/c13-12(14,15)8-1-2-11(10(16)5-8)18-6-9-3-4-17-7-19-9/h1-5,7,18H,6,16H2. The van der Waals surface area contributed by atoms with Gasteiger partial charge in [0.1, 0.15) is 6.33 Å². The van der Waals surface area contributed by atoms with Crippen molar-refractivity contribution < 1.29 is 13.2 Å². The zero-order valence-corrected chi connectivity index (χ0v) is 9.78. The first kappa shape index (κ1) is 13.1. The van der Waals surface area contributed by atoms with Crippen molar-refractivity contribution in [3.8, 4) is 0 Å². The van der Waals surface area contributed by atoms with Crippen LogP contribution in [0.1, 0.15) is 11.3 Å². The van der Waals surface area contributed by atoms with Gasteiger partial charge < -0.3 is 11.1 Å². The van der Waals surface area contributed by atoms with Gasteiger partial charge >= 0.3 is 6.18 Å². The fourth-order valence-electron chi connectivity index (χ4n) is 1.51. The molecule has 0 aliphatic carbocycles. The maximum absolute atomic E-state index is 12.5. The van der Waals surface area contributed by atoms with Gasteiger partial charge in [-0.2, -0.15) is 13.2 Å². The summed E-state index contributed by atoms with van der Waals surface area (Å²) in [6.45, 7) is 0.359. The fourth-order valence-corrected chi connectivity index (χ4v) is 1.51. The van der Waals surface area contributed by atoms with E-state index >= 15 is 0 Å². The Labute approximate surface area is 107 Å². The van der Waals surface area contributed by atoms with Crippen LogP contribution in [0.3, 0.4) is 0 Å². The lowest BCUT2D eigenvalue weighted by atomic mass is 10.1. The van der Waals surface area contributed by atoms with Crippen molar-refractivity contribution >= 4 is 11.4 Å². The Bertz CT molecular complexity index is 555. The lowest BCUT2D eigenvalue weighted by Crippen LogP contribution is -2.08. The number of benzene rings is 1. The molecular weight excluding hydrogens is 257 g/mol. The Morgan fingerprint density at radius 1 is 1.21 bits per heavy atom. The van der Waals surface area contributed by atoms with Crippen LogP contribution in [0, 0.1) is 0 Å². The summed E-state index contributed by atoms with van der Waals surface area (Å²) in [7, 11) is 0. The number of halogens is 3. The Morgan fingerprint density at radius 2 is 2.00 bits per heavy atom. The number of hydrogen-bond acceptors (Lipinski definition) is 4. The number of alkyl halides is 3. The molecule has 0 saturated carbocycles. The van der Waals surface area contributed by atoms with Crippen molar-refractivity contribution in [2.75, 3.05) is 11.1 Å². The van der Waals surface area contributed by atoms with E-state index < -0.39 is 11.7 Å². The molecule has 2 aromatic rings. The van der Waals surface area contributed by atoms with Gasteiger partial charge in [-0.3, -0.25) is 0 Å². The van der Waals surface area contributed by atoms with Crippen LogP contribution in [0.4, 0.5) is 24.5 Å². The molecule has 1 heterocycles. The van der Waals surface area contributed by atoms with Gasteiger partial charge in [-0.25, -0.2) is 9.97 Å². The van der Waals surface area contributed by atoms with Crippen LogP contribution < -0.4 is 11.1 Å². The van der Waals surface area contributed by atoms with Crippen LogP contribution in [-0.4, -0.2) is 9.97 Å². The summed E-state index contributed by atoms with van der Waals surface area (Å²) in [5.41, 5.74) is 6.02. The summed E-state index contributed by atoms with van der Waals surface area (Å²) in [6.07, 6.45) is -1.41. The first-order chi connectivity index (χ1) is 8.97. The van der Waals surface area contributed by atoms with E-state index in [1.165, 1.54) is 12.4 Å². The number of aromatic nitrogens is 2. The molecule has 1 aromatic carbocycles. The average molecular weight is 268 g/mol. The second kappa shape index (κ2) is 5.13. The second-order valence-electron chi connectivity index (χ2n) is 3.85. The maximum atomic E-state index is 12.5. The molecule has 3 N–H and O–H groups in total. The molecule has 7 heteroatoms. The van der Waals surface area contributed by atoms with E-state index in [1.54, 1.807) is 12.3 Å². The summed E-state index contributed by atoms with van der Waals surface area (Å²) in [5, 5.41) is 2.93. The van der Waals surface area contributed by atoms with Crippen molar-refractivity contribution in [3.63, 3.8) is 0 Å². The van der Waals surface area contributed by atoms with Gasteiger partial charge in [-0.05, 0) is 24.3 Å². The van der Waals surface area contributed by atoms with Crippen LogP contribution in [0.2, 0.25) is 0 Å². The third-order valence-corrected chi connectivity index (χ3v) is 2.48. The molecule has 0 fully saturated rings. The van der Waals surface area contributed by atoms with Crippen LogP contribution in [0.5, 0.6) is 0 Å². The Balaban J connectivity index is 2.10. The number of nitrogens with two attached hydrogens (primary N) is 1. The SMILES string of the molecule is Nc1cc(C(F)(F)F)ccc1NCc1ccncn1. The number of nitrogen functional groups attached to an aromatic ring is 1. The van der Waals surface area contributed by atoms with Gasteiger partial charge in [-0.1, -0.05) is 0 Å². The van der Waals surface area contributed by atoms with Gasteiger partial charge in [0.05, 0.1) is 29.2 Å². The lowest BCUT2D eigenvalue weighted by molar-refractivity contribution is -0.137. The molecule has 1 aromatic heterocycles. The first-order valence-electron chi connectivity index (χ1n) is 5.42. The molecule has 0 atom stereocenters. The fraction of sp³-hybridized carbons (Fsp3) is 0.167. The minimum absolute atomic E-state index is 0.0453. The van der Waals surface area contributed by atoms with E-state index in [-0.39, 0.29) is 5.69 Å². The molecule has 0 saturated heterocycles. The third kappa shape index (κ3) is 3.34. The van der Waals surface area contributed by atoms with Crippen molar-refractivity contribution in [3.05, 3.63) is 48.0 Å². The number of rotatable bonds is 3. The molecule has 0 aliphatic heterocycles. The summed E-state index contributed by atoms with van der Waals surface area (Å²) < 4.78 is 37.4. The number of hydrogen-bond donors (Lipinski definition) is 2. The summed E-state index contributed by atoms with van der Waals surface area (Å²) >= 11 is 0. The van der Waals surface area contributed by atoms with Crippen molar-refractivity contribution in [1.29, 1.82) is 0 Å². The predicted molar refractivity (Wildman–Crippen MR) is 65.2 cm³/mol. The van der Waals surface area contributed by atoms with E-state index in [9.17, 15) is 13.2 Å². The maximum Gasteiger partial charge on any atom is 0.416 e. The molecule has 0 amide bonds. The van der Waals surface area contributed by atoms with Gasteiger partial charge in [0.15, 0.2) is 0 Å². The number of nitrogens with one attached hydrogen (secondary N) is 1. The molecular formula is C12H11F3N4. The van der Waals surface area contributed by atoms with E-state index in [4.69, 9.17) is 5.73 Å². The van der Waals surface area contributed by atoms with E-state index in [1.807, 2.05) is 0 Å². The highest BCUT2D eigenvalue weighted by molar-refractivity contribution is 5.67. The summed E-state index contributed by atoms with van der Waals surface area (Å²) in [6, 6.07) is 4.90. The molecule has 2 rings (SSSR count). The normalized spacial score (nSPS) is 11.3. The number of nitrogens with zero attached hydrogens (tertiary/aromatic N) is 2. The Kier molecular flexibility index (Phi) is 3.55. The van der Waals surface area contributed by atoms with Gasteiger partial charge in [0.2, 0.25) is 0 Å². The molecule has 0 aliphatic rings. The zero-order chi connectivity index (χ0) is 13.9. The second-order valence-corrected chi connectivity index (χ2v) is 3.85. The zero-order valence-electron chi connectivity index (χ0n) is 9.78. The van der Waals surface area contributed by atoms with Gasteiger partial charge in [0.25, 0.3) is 0 Å². The van der Waals surface area contributed by atoms with Crippen LogP contribution in [-0.2, 0) is 12.7 Å². The summed E-state index contributed by atoms with van der Waals surface area (Å²) in [5.74, 6) is 0. The predicted octanol–water partition coefficient (Wildman–Crippen LogP) is 2.69. The van der Waals surface area contributed by atoms with Crippen LogP contribution >= 0.6 is 0 Å². The quantitative estimate of drug-likeness (QED) is 0.840. The van der Waals surface area contributed by atoms with Crippen molar-refractivity contribution in [1.82, 2.24) is 9.97 Å². The minimum atomic E-state index is -4.39. The first-order valence-corrected chi connectivity index (χ1v) is 5.42. The Hall–Kier alpha value is -2.31. The molecule has 19 heavy (non-hydrogen) atoms. The summed E-state index contributed by atoms with van der Waals surface area (Å²) in [4.78, 5) is 7.75. The highest BCUT2D eigenvalue weighted by Gasteiger charge is 2.30.